The van der Waals surface area contributed by atoms with Crippen LogP contribution in [0.1, 0.15) is 5.56 Å². The Kier molecular flexibility index (Phi) is 2.92. The van der Waals surface area contributed by atoms with Crippen LogP contribution < -0.4 is 10.6 Å². The predicted octanol–water partition coefficient (Wildman–Crippen LogP) is 2.06. The molecule has 0 aromatic heterocycles. The summed E-state index contributed by atoms with van der Waals surface area (Å²) < 4.78 is 50.3. The van der Waals surface area contributed by atoms with Crippen molar-refractivity contribution in [2.24, 2.45) is 0 Å². The van der Waals surface area contributed by atoms with E-state index in [-0.39, 0.29) is 18.7 Å². The fraction of sp³-hybridized carbons (Fsp3) is 0.364. The van der Waals surface area contributed by atoms with E-state index in [1.807, 2.05) is 0 Å². The summed E-state index contributed by atoms with van der Waals surface area (Å²) >= 11 is 0. The molecule has 1 aromatic rings. The number of rotatable bonds is 2. The van der Waals surface area contributed by atoms with Crippen molar-refractivity contribution in [1.82, 2.24) is 0 Å². The highest BCUT2D eigenvalue weighted by Crippen LogP contribution is 2.36. The zero-order chi connectivity index (χ0) is 13.5. The number of anilines is 2. The monoisotopic (exact) mass is 262 g/mol. The zero-order valence-electron chi connectivity index (χ0n) is 9.17. The number of alkyl halides is 4. The number of hydrogen-bond donors (Lipinski definition) is 1. The number of nitrogens with two attached hydrogens (primary N) is 1. The summed E-state index contributed by atoms with van der Waals surface area (Å²) in [6.45, 7) is -0.0648. The lowest BCUT2D eigenvalue weighted by Gasteiger charge is -2.23. The third kappa shape index (κ3) is 1.79. The Morgan fingerprint density at radius 2 is 2.06 bits per heavy atom. The molecule has 3 nitrogen and oxygen atoms in total. The maximum atomic E-state index is 13.0. The fourth-order valence-corrected chi connectivity index (χ4v) is 1.95. The van der Waals surface area contributed by atoms with Crippen LogP contribution in [0.4, 0.5) is 28.9 Å². The summed E-state index contributed by atoms with van der Waals surface area (Å²) in [5.41, 5.74) is 6.71. The number of nitrogen functional groups attached to an aromatic ring is 1. The number of carbonyl (C=O) groups excluding carboxylic acids is 1. The third-order valence-corrected chi connectivity index (χ3v) is 2.87. The first-order valence-corrected chi connectivity index (χ1v) is 5.21. The van der Waals surface area contributed by atoms with E-state index in [0.29, 0.717) is 16.2 Å². The van der Waals surface area contributed by atoms with Gasteiger partial charge in [-0.3, -0.25) is 4.79 Å². The van der Waals surface area contributed by atoms with Crippen LogP contribution in [0, 0.1) is 0 Å². The van der Waals surface area contributed by atoms with Crippen LogP contribution >= 0.6 is 0 Å². The molecular weight excluding hydrogens is 252 g/mol. The summed E-state index contributed by atoms with van der Waals surface area (Å²) in [6.07, 6.45) is -3.73. The molecule has 0 spiro atoms. The second-order valence-electron chi connectivity index (χ2n) is 3.98. The summed E-state index contributed by atoms with van der Waals surface area (Å²) in [5, 5.41) is 0. The van der Waals surface area contributed by atoms with E-state index in [4.69, 9.17) is 5.73 Å². The van der Waals surface area contributed by atoms with Crippen LogP contribution in [0.5, 0.6) is 0 Å². The first kappa shape index (κ1) is 12.7. The SMILES string of the molecule is Nc1cccc2c1CCN2C(=O)C(F)(F)C(F)F. The van der Waals surface area contributed by atoms with Gasteiger partial charge in [-0.25, -0.2) is 8.78 Å². The van der Waals surface area contributed by atoms with Gasteiger partial charge in [-0.15, -0.1) is 0 Å². The van der Waals surface area contributed by atoms with Gasteiger partial charge in [0.05, 0.1) is 0 Å². The van der Waals surface area contributed by atoms with Gasteiger partial charge in [0, 0.05) is 23.5 Å². The van der Waals surface area contributed by atoms with E-state index in [1.54, 1.807) is 6.07 Å². The molecule has 0 saturated carbocycles. The number of benzene rings is 1. The Balaban J connectivity index is 2.35. The summed E-state index contributed by atoms with van der Waals surface area (Å²) in [6, 6.07) is 4.47. The van der Waals surface area contributed by atoms with Crippen LogP contribution in [0.15, 0.2) is 18.2 Å². The van der Waals surface area contributed by atoms with Crippen molar-refractivity contribution in [3.05, 3.63) is 23.8 Å². The van der Waals surface area contributed by atoms with E-state index >= 15 is 0 Å². The van der Waals surface area contributed by atoms with Crippen molar-refractivity contribution in [3.63, 3.8) is 0 Å². The van der Waals surface area contributed by atoms with Gasteiger partial charge in [0.15, 0.2) is 0 Å². The highest BCUT2D eigenvalue weighted by atomic mass is 19.3. The summed E-state index contributed by atoms with van der Waals surface area (Å²) in [4.78, 5) is 12.1. The molecule has 2 N–H and O–H groups in total. The molecule has 0 radical (unpaired) electrons. The lowest BCUT2D eigenvalue weighted by Crippen LogP contribution is -2.47. The first-order valence-electron chi connectivity index (χ1n) is 5.21. The molecule has 1 amide bonds. The Morgan fingerprint density at radius 3 is 2.67 bits per heavy atom. The minimum absolute atomic E-state index is 0.0648. The van der Waals surface area contributed by atoms with Crippen molar-refractivity contribution in [2.45, 2.75) is 18.8 Å². The lowest BCUT2D eigenvalue weighted by molar-refractivity contribution is -0.166. The average molecular weight is 262 g/mol. The molecule has 2 rings (SSSR count). The summed E-state index contributed by atoms with van der Waals surface area (Å²) in [7, 11) is 0. The average Bonchev–Trinajstić information content (AvgIpc) is 2.73. The topological polar surface area (TPSA) is 46.3 Å². The molecular formula is C11H10F4N2O. The molecule has 7 heteroatoms. The van der Waals surface area contributed by atoms with Crippen molar-refractivity contribution in [2.75, 3.05) is 17.2 Å². The van der Waals surface area contributed by atoms with Crippen LogP contribution in [-0.2, 0) is 11.2 Å². The maximum Gasteiger partial charge on any atom is 0.384 e. The van der Waals surface area contributed by atoms with E-state index in [1.165, 1.54) is 12.1 Å². The second-order valence-corrected chi connectivity index (χ2v) is 3.98. The Bertz CT molecular complexity index is 490. The predicted molar refractivity (Wildman–Crippen MR) is 57.9 cm³/mol. The highest BCUT2D eigenvalue weighted by molar-refractivity contribution is 6.01. The molecule has 98 valence electrons. The van der Waals surface area contributed by atoms with Gasteiger partial charge in [-0.1, -0.05) is 6.07 Å². The largest absolute Gasteiger partial charge is 0.398 e. The normalized spacial score (nSPS) is 15.1. The number of hydrogen-bond acceptors (Lipinski definition) is 2. The Labute approximate surface area is 100 Å². The summed E-state index contributed by atoms with van der Waals surface area (Å²) in [5.74, 6) is -6.56. The molecule has 1 aliphatic rings. The highest BCUT2D eigenvalue weighted by Gasteiger charge is 2.52. The second kappa shape index (κ2) is 4.15. The van der Waals surface area contributed by atoms with Gasteiger partial charge in [0.2, 0.25) is 0 Å². The van der Waals surface area contributed by atoms with Crippen molar-refractivity contribution >= 4 is 17.3 Å². The molecule has 18 heavy (non-hydrogen) atoms. The number of carbonyl (C=O) groups is 1. The smallest absolute Gasteiger partial charge is 0.384 e. The molecule has 0 fully saturated rings. The molecule has 0 unspecified atom stereocenters. The number of fused-ring (bicyclic) bond motifs is 1. The molecule has 0 atom stereocenters. The van der Waals surface area contributed by atoms with Crippen molar-refractivity contribution in [1.29, 1.82) is 0 Å². The van der Waals surface area contributed by atoms with Gasteiger partial charge in [0.25, 0.3) is 0 Å². The van der Waals surface area contributed by atoms with Gasteiger partial charge >= 0.3 is 18.3 Å². The van der Waals surface area contributed by atoms with E-state index < -0.39 is 18.3 Å². The van der Waals surface area contributed by atoms with Gasteiger partial charge in [0.1, 0.15) is 0 Å². The van der Waals surface area contributed by atoms with E-state index in [0.717, 1.165) is 0 Å². The minimum atomic E-state index is -4.67. The first-order chi connectivity index (χ1) is 8.35. The van der Waals surface area contributed by atoms with Crippen LogP contribution in [0.3, 0.4) is 0 Å². The van der Waals surface area contributed by atoms with Gasteiger partial charge in [-0.2, -0.15) is 8.78 Å². The zero-order valence-corrected chi connectivity index (χ0v) is 9.17. The van der Waals surface area contributed by atoms with Crippen LogP contribution in [0.2, 0.25) is 0 Å². The lowest BCUT2D eigenvalue weighted by atomic mass is 10.1. The molecule has 0 bridgehead atoms. The molecule has 0 aliphatic carbocycles. The molecule has 1 aromatic carbocycles. The van der Waals surface area contributed by atoms with Gasteiger partial charge < -0.3 is 10.6 Å². The standard InChI is InChI=1S/C11H10F4N2O/c12-9(13)11(14,15)10(18)17-5-4-6-7(16)2-1-3-8(6)17/h1-3,9H,4-5,16H2. The number of nitrogens with zero attached hydrogens (tertiary/aromatic N) is 1. The fourth-order valence-electron chi connectivity index (χ4n) is 1.95. The molecule has 1 aliphatic heterocycles. The number of halogens is 4. The molecule has 0 saturated heterocycles. The minimum Gasteiger partial charge on any atom is -0.398 e. The van der Waals surface area contributed by atoms with E-state index in [9.17, 15) is 22.4 Å². The third-order valence-electron chi connectivity index (χ3n) is 2.87. The Hall–Kier alpha value is -1.79. The van der Waals surface area contributed by atoms with Crippen molar-refractivity contribution in [3.8, 4) is 0 Å². The maximum absolute atomic E-state index is 13.0. The Morgan fingerprint density at radius 1 is 1.39 bits per heavy atom. The van der Waals surface area contributed by atoms with Crippen LogP contribution in [0.25, 0.3) is 0 Å². The van der Waals surface area contributed by atoms with Crippen LogP contribution in [-0.4, -0.2) is 24.8 Å². The van der Waals surface area contributed by atoms with E-state index in [2.05, 4.69) is 0 Å². The molecule has 1 heterocycles. The van der Waals surface area contributed by atoms with Crippen molar-refractivity contribution < 1.29 is 22.4 Å². The number of amides is 1. The quantitative estimate of drug-likeness (QED) is 0.655. The van der Waals surface area contributed by atoms with Gasteiger partial charge in [-0.05, 0) is 18.6 Å².